The molecule has 1 rings (SSSR count). The van der Waals surface area contributed by atoms with Crippen LogP contribution in [0.25, 0.3) is 0 Å². The van der Waals surface area contributed by atoms with Crippen molar-refractivity contribution >= 4 is 16.8 Å². The zero-order valence-corrected chi connectivity index (χ0v) is 8.64. The maximum Gasteiger partial charge on any atom is 0.252 e. The van der Waals surface area contributed by atoms with Crippen LogP contribution in [0.1, 0.15) is 42.1 Å². The van der Waals surface area contributed by atoms with E-state index in [1.807, 2.05) is 18.2 Å². The van der Waals surface area contributed by atoms with Gasteiger partial charge in [0.1, 0.15) is 0 Å². The second-order valence-corrected chi connectivity index (χ2v) is 3.51. The van der Waals surface area contributed by atoms with E-state index in [1.54, 1.807) is 6.07 Å². The van der Waals surface area contributed by atoms with Crippen molar-refractivity contribution in [2.75, 3.05) is 0 Å². The molecule has 1 unspecified atom stereocenters. The second kappa shape index (κ2) is 4.43. The summed E-state index contributed by atoms with van der Waals surface area (Å²) >= 11 is 5.47. The van der Waals surface area contributed by atoms with Crippen molar-refractivity contribution in [2.24, 2.45) is 0 Å². The molecule has 0 bridgehead atoms. The fourth-order valence-electron chi connectivity index (χ4n) is 1.33. The highest BCUT2D eigenvalue weighted by Crippen LogP contribution is 2.23. The van der Waals surface area contributed by atoms with Crippen LogP contribution in [0.4, 0.5) is 0 Å². The van der Waals surface area contributed by atoms with Gasteiger partial charge in [-0.15, -0.1) is 0 Å². The molecular formula is C11H13ClO. The van der Waals surface area contributed by atoms with Gasteiger partial charge in [0.05, 0.1) is 0 Å². The number of carbonyl (C=O) groups excluding carboxylic acids is 1. The number of hydrogen-bond donors (Lipinski definition) is 0. The summed E-state index contributed by atoms with van der Waals surface area (Å²) in [6, 6.07) is 7.51. The average Bonchev–Trinajstić information content (AvgIpc) is 2.16. The molecule has 0 aromatic heterocycles. The lowest BCUT2D eigenvalue weighted by atomic mass is 9.94. The smallest absolute Gasteiger partial charge is 0.252 e. The van der Waals surface area contributed by atoms with Crippen LogP contribution < -0.4 is 0 Å². The number of rotatable bonds is 3. The SMILES string of the molecule is CCC(C)c1ccccc1C(=O)Cl. The first-order valence-corrected chi connectivity index (χ1v) is 4.83. The van der Waals surface area contributed by atoms with E-state index in [0.717, 1.165) is 12.0 Å². The molecule has 13 heavy (non-hydrogen) atoms. The predicted octanol–water partition coefficient (Wildman–Crippen LogP) is 3.58. The Morgan fingerprint density at radius 2 is 2.08 bits per heavy atom. The lowest BCUT2D eigenvalue weighted by Crippen LogP contribution is -2.00. The van der Waals surface area contributed by atoms with Gasteiger partial charge in [0.25, 0.3) is 5.24 Å². The first kappa shape index (κ1) is 10.3. The maximum absolute atomic E-state index is 11.1. The third-order valence-electron chi connectivity index (χ3n) is 2.32. The molecular weight excluding hydrogens is 184 g/mol. The molecule has 0 amide bonds. The highest BCUT2D eigenvalue weighted by Gasteiger charge is 2.11. The first-order valence-electron chi connectivity index (χ1n) is 4.45. The number of carbonyl (C=O) groups is 1. The van der Waals surface area contributed by atoms with Crippen molar-refractivity contribution in [2.45, 2.75) is 26.2 Å². The third-order valence-corrected chi connectivity index (χ3v) is 2.52. The fraction of sp³-hybridized carbons (Fsp3) is 0.364. The van der Waals surface area contributed by atoms with Crippen molar-refractivity contribution in [3.8, 4) is 0 Å². The van der Waals surface area contributed by atoms with Crippen LogP contribution in [0.15, 0.2) is 24.3 Å². The van der Waals surface area contributed by atoms with Gasteiger partial charge in [0, 0.05) is 5.56 Å². The summed E-state index contributed by atoms with van der Waals surface area (Å²) in [5, 5.41) is -0.365. The number of hydrogen-bond acceptors (Lipinski definition) is 1. The van der Waals surface area contributed by atoms with Crippen molar-refractivity contribution in [3.63, 3.8) is 0 Å². The van der Waals surface area contributed by atoms with Crippen molar-refractivity contribution < 1.29 is 4.79 Å². The lowest BCUT2D eigenvalue weighted by Gasteiger charge is -2.11. The van der Waals surface area contributed by atoms with Gasteiger partial charge in [-0.1, -0.05) is 32.0 Å². The van der Waals surface area contributed by atoms with Crippen LogP contribution >= 0.6 is 11.6 Å². The number of benzene rings is 1. The summed E-state index contributed by atoms with van der Waals surface area (Å²) < 4.78 is 0. The summed E-state index contributed by atoms with van der Waals surface area (Å²) in [5.74, 6) is 0.388. The second-order valence-electron chi connectivity index (χ2n) is 3.17. The molecule has 0 radical (unpaired) electrons. The highest BCUT2D eigenvalue weighted by molar-refractivity contribution is 6.67. The summed E-state index contributed by atoms with van der Waals surface area (Å²) in [6.45, 7) is 4.19. The van der Waals surface area contributed by atoms with Gasteiger partial charge in [0.2, 0.25) is 0 Å². The van der Waals surface area contributed by atoms with E-state index in [2.05, 4.69) is 13.8 Å². The molecule has 0 spiro atoms. The molecule has 1 aromatic carbocycles. The summed E-state index contributed by atoms with van der Waals surface area (Å²) in [5.41, 5.74) is 1.68. The Bertz CT molecular complexity index is 307. The van der Waals surface area contributed by atoms with Gasteiger partial charge >= 0.3 is 0 Å². The highest BCUT2D eigenvalue weighted by atomic mass is 35.5. The van der Waals surface area contributed by atoms with E-state index in [9.17, 15) is 4.79 Å². The Morgan fingerprint density at radius 1 is 1.46 bits per heavy atom. The monoisotopic (exact) mass is 196 g/mol. The minimum absolute atomic E-state index is 0.365. The summed E-state index contributed by atoms with van der Waals surface area (Å²) in [6.07, 6.45) is 1.02. The Labute approximate surface area is 83.7 Å². The fourth-order valence-corrected chi connectivity index (χ4v) is 1.50. The molecule has 0 aliphatic heterocycles. The zero-order valence-electron chi connectivity index (χ0n) is 7.88. The van der Waals surface area contributed by atoms with Crippen LogP contribution in [0.2, 0.25) is 0 Å². The van der Waals surface area contributed by atoms with E-state index in [4.69, 9.17) is 11.6 Å². The van der Waals surface area contributed by atoms with Gasteiger partial charge in [-0.25, -0.2) is 0 Å². The zero-order chi connectivity index (χ0) is 9.84. The lowest BCUT2D eigenvalue weighted by molar-refractivity contribution is 0.108. The van der Waals surface area contributed by atoms with E-state index in [-0.39, 0.29) is 5.24 Å². The van der Waals surface area contributed by atoms with Crippen LogP contribution in [0.3, 0.4) is 0 Å². The molecule has 0 aliphatic rings. The standard InChI is InChI=1S/C11H13ClO/c1-3-8(2)9-6-4-5-7-10(9)11(12)13/h4-8H,3H2,1-2H3. The third kappa shape index (κ3) is 2.31. The molecule has 1 atom stereocenters. The van der Waals surface area contributed by atoms with Crippen molar-refractivity contribution in [3.05, 3.63) is 35.4 Å². The van der Waals surface area contributed by atoms with E-state index in [1.165, 1.54) is 0 Å². The van der Waals surface area contributed by atoms with E-state index < -0.39 is 0 Å². The summed E-state index contributed by atoms with van der Waals surface area (Å²) in [7, 11) is 0. The molecule has 0 heterocycles. The average molecular weight is 197 g/mol. The van der Waals surface area contributed by atoms with E-state index >= 15 is 0 Å². The van der Waals surface area contributed by atoms with Crippen LogP contribution in [0.5, 0.6) is 0 Å². The first-order chi connectivity index (χ1) is 6.16. The van der Waals surface area contributed by atoms with Gasteiger partial charge in [0.15, 0.2) is 0 Å². The van der Waals surface area contributed by atoms with Gasteiger partial charge in [-0.2, -0.15) is 0 Å². The molecule has 0 N–H and O–H groups in total. The Kier molecular flexibility index (Phi) is 3.49. The van der Waals surface area contributed by atoms with Crippen molar-refractivity contribution in [1.29, 1.82) is 0 Å². The maximum atomic E-state index is 11.1. The molecule has 0 aliphatic carbocycles. The van der Waals surface area contributed by atoms with Crippen molar-refractivity contribution in [1.82, 2.24) is 0 Å². The van der Waals surface area contributed by atoms with E-state index in [0.29, 0.717) is 11.5 Å². The quantitative estimate of drug-likeness (QED) is 0.676. The van der Waals surface area contributed by atoms with Crippen LogP contribution in [-0.4, -0.2) is 5.24 Å². The molecule has 70 valence electrons. The van der Waals surface area contributed by atoms with Gasteiger partial charge in [-0.05, 0) is 35.6 Å². The Balaban J connectivity index is 3.11. The molecule has 2 heteroatoms. The molecule has 1 nitrogen and oxygen atoms in total. The van der Waals surface area contributed by atoms with Gasteiger partial charge in [-0.3, -0.25) is 4.79 Å². The molecule has 0 fully saturated rings. The Morgan fingerprint density at radius 3 is 2.62 bits per heavy atom. The predicted molar refractivity (Wildman–Crippen MR) is 55.3 cm³/mol. The minimum Gasteiger partial charge on any atom is -0.276 e. The van der Waals surface area contributed by atoms with Gasteiger partial charge < -0.3 is 0 Å². The number of halogens is 1. The normalized spacial score (nSPS) is 12.5. The Hall–Kier alpha value is -0.820. The molecule has 0 saturated carbocycles. The summed E-state index contributed by atoms with van der Waals surface area (Å²) in [4.78, 5) is 11.1. The largest absolute Gasteiger partial charge is 0.276 e. The minimum atomic E-state index is -0.365. The van der Waals surface area contributed by atoms with Crippen LogP contribution in [-0.2, 0) is 0 Å². The topological polar surface area (TPSA) is 17.1 Å². The molecule has 0 saturated heterocycles. The van der Waals surface area contributed by atoms with Crippen LogP contribution in [0, 0.1) is 0 Å². The molecule has 1 aromatic rings.